The first-order valence-corrected chi connectivity index (χ1v) is 10.8. The van der Waals surface area contributed by atoms with Gasteiger partial charge in [-0.3, -0.25) is 9.59 Å². The minimum Gasteiger partial charge on any atom is -0.370 e. The zero-order valence-corrected chi connectivity index (χ0v) is 17.4. The average Bonchev–Trinajstić information content (AvgIpc) is 2.86. The van der Waals surface area contributed by atoms with Crippen LogP contribution in [0.2, 0.25) is 0 Å². The monoisotopic (exact) mass is 412 g/mol. The van der Waals surface area contributed by atoms with Gasteiger partial charge in [0, 0.05) is 35.4 Å². The van der Waals surface area contributed by atoms with E-state index >= 15 is 0 Å². The fourth-order valence-corrected chi connectivity index (χ4v) is 4.79. The molecule has 0 radical (unpaired) electrons. The van der Waals surface area contributed by atoms with E-state index in [4.69, 9.17) is 4.74 Å². The molecule has 0 aliphatic carbocycles. The molecule has 2 aromatic carbocycles. The number of amides is 2. The minimum absolute atomic E-state index is 0.0575. The molecule has 7 heteroatoms. The number of quaternary nitrogens is 1. The lowest BCUT2D eigenvalue weighted by atomic mass is 10.1. The third-order valence-electron chi connectivity index (χ3n) is 5.42. The molecule has 2 aliphatic heterocycles. The van der Waals surface area contributed by atoms with Gasteiger partial charge in [0.1, 0.15) is 13.1 Å². The molecular weight excluding hydrogens is 386 g/mol. The summed E-state index contributed by atoms with van der Waals surface area (Å²) in [5.41, 5.74) is 2.03. The Bertz CT molecular complexity index is 912. The number of carbonyl (C=O) groups excluding carboxylic acids is 2. The molecule has 0 unspecified atom stereocenters. The maximum absolute atomic E-state index is 12.8. The van der Waals surface area contributed by atoms with Gasteiger partial charge in [-0.15, -0.1) is 0 Å². The third kappa shape index (κ3) is 4.47. The second kappa shape index (κ2) is 8.98. The second-order valence-electron chi connectivity index (χ2n) is 7.37. The molecule has 1 fully saturated rings. The van der Waals surface area contributed by atoms with E-state index in [-0.39, 0.29) is 11.8 Å². The van der Waals surface area contributed by atoms with Crippen molar-refractivity contribution in [3.05, 3.63) is 53.6 Å². The van der Waals surface area contributed by atoms with Gasteiger partial charge in [0.05, 0.1) is 31.0 Å². The standard InChI is InChI=1S/C22H25N3O3S/c1-24-18-15-16(21(26)23-9-4-10-25-11-13-28-14-12-25)7-8-20(18)29-19-6-3-2-5-17(19)22(24)27/h2-3,5-8,15H,4,9-14H2,1H3,(H,23,26)/p+1. The van der Waals surface area contributed by atoms with Crippen molar-refractivity contribution in [2.45, 2.75) is 16.2 Å². The van der Waals surface area contributed by atoms with Crippen molar-refractivity contribution in [2.75, 3.05) is 51.3 Å². The van der Waals surface area contributed by atoms with Crippen molar-refractivity contribution < 1.29 is 19.2 Å². The van der Waals surface area contributed by atoms with Crippen LogP contribution in [0, 0.1) is 0 Å². The Balaban J connectivity index is 1.41. The lowest BCUT2D eigenvalue weighted by molar-refractivity contribution is -0.908. The number of anilines is 1. The first kappa shape index (κ1) is 19.9. The van der Waals surface area contributed by atoms with E-state index in [0.717, 1.165) is 54.7 Å². The number of fused-ring (bicyclic) bond motifs is 2. The molecule has 2 aromatic rings. The van der Waals surface area contributed by atoms with Crippen LogP contribution in [0.5, 0.6) is 0 Å². The lowest BCUT2D eigenvalue weighted by Gasteiger charge is -2.23. The molecule has 0 aromatic heterocycles. The summed E-state index contributed by atoms with van der Waals surface area (Å²) in [4.78, 5) is 30.5. The predicted molar refractivity (Wildman–Crippen MR) is 113 cm³/mol. The Morgan fingerprint density at radius 1 is 1.17 bits per heavy atom. The molecule has 152 valence electrons. The van der Waals surface area contributed by atoms with E-state index in [1.807, 2.05) is 42.5 Å². The van der Waals surface area contributed by atoms with E-state index in [0.29, 0.717) is 17.7 Å². The highest BCUT2D eigenvalue weighted by Gasteiger charge is 2.25. The topological polar surface area (TPSA) is 63.1 Å². The van der Waals surface area contributed by atoms with Gasteiger partial charge in [-0.25, -0.2) is 0 Å². The van der Waals surface area contributed by atoms with E-state index in [1.165, 1.54) is 4.90 Å². The summed E-state index contributed by atoms with van der Waals surface area (Å²) >= 11 is 1.56. The van der Waals surface area contributed by atoms with Gasteiger partial charge in [0.15, 0.2) is 0 Å². The number of hydrogen-bond donors (Lipinski definition) is 2. The van der Waals surface area contributed by atoms with Gasteiger partial charge < -0.3 is 19.9 Å². The number of carbonyl (C=O) groups is 2. The maximum atomic E-state index is 12.8. The summed E-state index contributed by atoms with van der Waals surface area (Å²) in [5, 5.41) is 3.01. The molecule has 0 bridgehead atoms. The fraction of sp³-hybridized carbons (Fsp3) is 0.364. The quantitative estimate of drug-likeness (QED) is 0.730. The Morgan fingerprint density at radius 3 is 2.79 bits per heavy atom. The highest BCUT2D eigenvalue weighted by Crippen LogP contribution is 2.41. The van der Waals surface area contributed by atoms with Crippen LogP contribution in [0.4, 0.5) is 5.69 Å². The molecule has 1 saturated heterocycles. The molecular formula is C22H26N3O3S+. The summed E-state index contributed by atoms with van der Waals surface area (Å²) in [7, 11) is 1.76. The van der Waals surface area contributed by atoms with E-state index < -0.39 is 0 Å². The smallest absolute Gasteiger partial charge is 0.259 e. The van der Waals surface area contributed by atoms with E-state index in [1.54, 1.807) is 23.7 Å². The number of benzene rings is 2. The van der Waals surface area contributed by atoms with Crippen molar-refractivity contribution in [3.8, 4) is 0 Å². The van der Waals surface area contributed by atoms with Crippen LogP contribution in [-0.4, -0.2) is 58.3 Å². The zero-order valence-electron chi connectivity index (χ0n) is 16.6. The summed E-state index contributed by atoms with van der Waals surface area (Å²) < 4.78 is 5.37. The number of nitrogens with zero attached hydrogens (tertiary/aromatic N) is 1. The molecule has 0 atom stereocenters. The summed E-state index contributed by atoms with van der Waals surface area (Å²) in [6.45, 7) is 5.42. The Morgan fingerprint density at radius 2 is 1.97 bits per heavy atom. The average molecular weight is 413 g/mol. The first-order valence-electron chi connectivity index (χ1n) is 10.0. The number of hydrogen-bond acceptors (Lipinski definition) is 4. The molecule has 2 aliphatic rings. The third-order valence-corrected chi connectivity index (χ3v) is 6.56. The number of nitrogens with one attached hydrogen (secondary N) is 2. The summed E-state index contributed by atoms with van der Waals surface area (Å²) in [5.74, 6) is -0.157. The molecule has 2 amide bonds. The van der Waals surface area contributed by atoms with Crippen molar-refractivity contribution in [3.63, 3.8) is 0 Å². The lowest BCUT2D eigenvalue weighted by Crippen LogP contribution is -3.14. The number of ether oxygens (including phenoxy) is 1. The van der Waals surface area contributed by atoms with Crippen LogP contribution < -0.4 is 15.1 Å². The normalized spacial score (nSPS) is 16.7. The number of rotatable bonds is 5. The number of morpholine rings is 1. The molecule has 0 saturated carbocycles. The minimum atomic E-state index is -0.0996. The van der Waals surface area contributed by atoms with Crippen LogP contribution in [0.1, 0.15) is 27.1 Å². The Hall–Kier alpha value is -2.35. The largest absolute Gasteiger partial charge is 0.370 e. The summed E-state index contributed by atoms with van der Waals surface area (Å²) in [6.07, 6.45) is 0.940. The van der Waals surface area contributed by atoms with Crippen LogP contribution in [0.3, 0.4) is 0 Å². The zero-order chi connectivity index (χ0) is 20.2. The van der Waals surface area contributed by atoms with Crippen LogP contribution in [0.15, 0.2) is 52.3 Å². The predicted octanol–water partition coefficient (Wildman–Crippen LogP) is 1.46. The molecule has 6 nitrogen and oxygen atoms in total. The first-order chi connectivity index (χ1) is 14.1. The maximum Gasteiger partial charge on any atom is 0.259 e. The van der Waals surface area contributed by atoms with Crippen molar-refractivity contribution in [2.24, 2.45) is 0 Å². The SMILES string of the molecule is CN1C(=O)c2ccccc2Sc2ccc(C(=O)NCCC[NH+]3CCOCC3)cc21. The van der Waals surface area contributed by atoms with Crippen LogP contribution in [0.25, 0.3) is 0 Å². The van der Waals surface area contributed by atoms with Crippen molar-refractivity contribution in [1.82, 2.24) is 5.32 Å². The van der Waals surface area contributed by atoms with Gasteiger partial charge in [-0.2, -0.15) is 0 Å². The fourth-order valence-electron chi connectivity index (χ4n) is 3.70. The highest BCUT2D eigenvalue weighted by atomic mass is 32.2. The molecule has 2 heterocycles. The van der Waals surface area contributed by atoms with Crippen LogP contribution in [-0.2, 0) is 4.74 Å². The Labute approximate surface area is 175 Å². The molecule has 29 heavy (non-hydrogen) atoms. The van der Waals surface area contributed by atoms with Gasteiger partial charge in [-0.1, -0.05) is 23.9 Å². The van der Waals surface area contributed by atoms with Gasteiger partial charge in [-0.05, 0) is 30.3 Å². The van der Waals surface area contributed by atoms with Gasteiger partial charge >= 0.3 is 0 Å². The molecule has 0 spiro atoms. The van der Waals surface area contributed by atoms with Crippen molar-refractivity contribution >= 4 is 29.3 Å². The van der Waals surface area contributed by atoms with Crippen molar-refractivity contribution in [1.29, 1.82) is 0 Å². The highest BCUT2D eigenvalue weighted by molar-refractivity contribution is 7.99. The van der Waals surface area contributed by atoms with Gasteiger partial charge in [0.25, 0.3) is 11.8 Å². The van der Waals surface area contributed by atoms with E-state index in [2.05, 4.69) is 5.32 Å². The molecule has 4 rings (SSSR count). The van der Waals surface area contributed by atoms with Crippen LogP contribution >= 0.6 is 11.8 Å². The van der Waals surface area contributed by atoms with E-state index in [9.17, 15) is 9.59 Å². The van der Waals surface area contributed by atoms with Gasteiger partial charge in [0.2, 0.25) is 0 Å². The molecule has 2 N–H and O–H groups in total. The Kier molecular flexibility index (Phi) is 6.18. The second-order valence-corrected chi connectivity index (χ2v) is 8.45. The summed E-state index contributed by atoms with van der Waals surface area (Å²) in [6, 6.07) is 13.2.